The second-order valence-electron chi connectivity index (χ2n) is 6.31. The largest absolute Gasteiger partial charge is 0.506 e. The van der Waals surface area contributed by atoms with E-state index in [0.717, 1.165) is 24.9 Å². The van der Waals surface area contributed by atoms with Crippen LogP contribution in [-0.2, 0) is 0 Å². The molecule has 5 nitrogen and oxygen atoms in total. The third-order valence-electron chi connectivity index (χ3n) is 4.34. The number of aromatic hydroxyl groups is 1. The Bertz CT molecular complexity index is 885. The molecule has 1 atom stereocenters. The number of nitrogens with one attached hydrogen (secondary N) is 1. The molecule has 1 aliphatic heterocycles. The summed E-state index contributed by atoms with van der Waals surface area (Å²) in [5, 5.41) is 27.9. The van der Waals surface area contributed by atoms with E-state index in [1.807, 2.05) is 16.3 Å². The van der Waals surface area contributed by atoms with Crippen molar-refractivity contribution >= 4 is 57.6 Å². The Kier molecular flexibility index (Phi) is 6.60. The number of hydrogen-bond donors (Lipinski definition) is 3. The summed E-state index contributed by atoms with van der Waals surface area (Å²) in [7, 11) is 0. The first-order valence-corrected chi connectivity index (χ1v) is 10.4. The molecule has 0 bridgehead atoms. The number of benzene rings is 1. The molecule has 3 N–H and O–H groups in total. The Morgan fingerprint density at radius 1 is 1.37 bits per heavy atom. The maximum atomic E-state index is 10.6. The molecule has 1 aromatic heterocycles. The standard InChI is InChI=1S/C18H19Cl2N3O2S2/c1-10(21-22-18(26)23-6-2-3-12(24)8-23)13-9-27-17(16(13)25)11-4-5-14(19)15(20)7-11/h4-5,7,9,12,24-25H,2-3,6,8H2,1H3,(H,22,26)/b21-10-. The number of aliphatic hydroxyl groups is 1. The third-order valence-corrected chi connectivity index (χ3v) is 6.45. The van der Waals surface area contributed by atoms with Crippen LogP contribution in [0.15, 0.2) is 28.7 Å². The summed E-state index contributed by atoms with van der Waals surface area (Å²) in [6.07, 6.45) is 1.32. The quantitative estimate of drug-likeness (QED) is 0.370. The Hall–Kier alpha value is -1.38. The molecular weight excluding hydrogens is 425 g/mol. The molecule has 0 radical (unpaired) electrons. The monoisotopic (exact) mass is 443 g/mol. The fourth-order valence-corrected chi connectivity index (χ4v) is 4.36. The molecule has 0 saturated carbocycles. The average Bonchev–Trinajstić information content (AvgIpc) is 3.03. The molecule has 1 aromatic carbocycles. The van der Waals surface area contributed by atoms with Gasteiger partial charge in [0.25, 0.3) is 0 Å². The normalized spacial score (nSPS) is 17.9. The van der Waals surface area contributed by atoms with Gasteiger partial charge in [-0.15, -0.1) is 11.3 Å². The van der Waals surface area contributed by atoms with Gasteiger partial charge in [-0.25, -0.2) is 0 Å². The number of thiocarbonyl (C=S) groups is 1. The summed E-state index contributed by atoms with van der Waals surface area (Å²) in [5.41, 5.74) is 4.87. The topological polar surface area (TPSA) is 68.1 Å². The number of thiophene rings is 1. The van der Waals surface area contributed by atoms with Crippen LogP contribution >= 0.6 is 46.8 Å². The van der Waals surface area contributed by atoms with Crippen molar-refractivity contribution in [2.24, 2.45) is 5.10 Å². The lowest BCUT2D eigenvalue weighted by Crippen LogP contribution is -2.45. The smallest absolute Gasteiger partial charge is 0.189 e. The Labute approximate surface area is 177 Å². The molecular formula is C18H19Cl2N3O2S2. The molecule has 1 saturated heterocycles. The van der Waals surface area contributed by atoms with Gasteiger partial charge < -0.3 is 15.1 Å². The summed E-state index contributed by atoms with van der Waals surface area (Å²) >= 11 is 18.8. The van der Waals surface area contributed by atoms with Gasteiger partial charge in [0.1, 0.15) is 5.75 Å². The van der Waals surface area contributed by atoms with Gasteiger partial charge in [-0.05, 0) is 49.7 Å². The van der Waals surface area contributed by atoms with Crippen LogP contribution < -0.4 is 5.43 Å². The first-order chi connectivity index (χ1) is 12.9. The van der Waals surface area contributed by atoms with Crippen molar-refractivity contribution in [1.82, 2.24) is 10.3 Å². The zero-order valence-electron chi connectivity index (χ0n) is 14.6. The van der Waals surface area contributed by atoms with Crippen LogP contribution in [0.1, 0.15) is 25.3 Å². The number of nitrogens with zero attached hydrogens (tertiary/aromatic N) is 2. The van der Waals surface area contributed by atoms with Crippen LogP contribution in [0.5, 0.6) is 5.75 Å². The molecule has 1 fully saturated rings. The van der Waals surface area contributed by atoms with Crippen LogP contribution in [0, 0.1) is 0 Å². The summed E-state index contributed by atoms with van der Waals surface area (Å²) < 4.78 is 0. The minimum Gasteiger partial charge on any atom is -0.506 e. The van der Waals surface area contributed by atoms with Gasteiger partial charge in [0.05, 0.1) is 32.3 Å². The molecule has 2 heterocycles. The summed E-state index contributed by atoms with van der Waals surface area (Å²) in [6, 6.07) is 5.23. The van der Waals surface area contributed by atoms with Crippen LogP contribution in [-0.4, -0.2) is 45.1 Å². The number of piperidine rings is 1. The first kappa shape index (κ1) is 20.4. The number of hydrazone groups is 1. The van der Waals surface area contributed by atoms with Crippen molar-refractivity contribution in [2.45, 2.75) is 25.9 Å². The predicted molar refractivity (Wildman–Crippen MR) is 116 cm³/mol. The van der Waals surface area contributed by atoms with Crippen LogP contribution in [0.25, 0.3) is 10.4 Å². The maximum Gasteiger partial charge on any atom is 0.189 e. The van der Waals surface area contributed by atoms with E-state index >= 15 is 0 Å². The van der Waals surface area contributed by atoms with Gasteiger partial charge in [-0.1, -0.05) is 29.3 Å². The minimum atomic E-state index is -0.363. The van der Waals surface area contributed by atoms with E-state index in [1.54, 1.807) is 19.1 Å². The highest BCUT2D eigenvalue weighted by Gasteiger charge is 2.20. The summed E-state index contributed by atoms with van der Waals surface area (Å²) in [5.74, 6) is 0.140. The van der Waals surface area contributed by atoms with Gasteiger partial charge in [-0.3, -0.25) is 5.43 Å². The number of β-amino-alcohol motifs (C(OH)–C–C–N with tert-alkyl or cyclic N) is 1. The summed E-state index contributed by atoms with van der Waals surface area (Å²) in [4.78, 5) is 2.59. The van der Waals surface area contributed by atoms with Crippen LogP contribution in [0.4, 0.5) is 0 Å². The fraction of sp³-hybridized carbons (Fsp3) is 0.333. The van der Waals surface area contributed by atoms with Crippen molar-refractivity contribution in [3.05, 3.63) is 39.2 Å². The zero-order valence-corrected chi connectivity index (χ0v) is 17.7. The van der Waals surface area contributed by atoms with Crippen molar-refractivity contribution < 1.29 is 10.2 Å². The lowest BCUT2D eigenvalue weighted by molar-refractivity contribution is 0.103. The minimum absolute atomic E-state index is 0.140. The van der Waals surface area contributed by atoms with Crippen LogP contribution in [0.3, 0.4) is 0 Å². The van der Waals surface area contributed by atoms with Gasteiger partial charge in [0.15, 0.2) is 5.11 Å². The van der Waals surface area contributed by atoms with E-state index in [4.69, 9.17) is 35.4 Å². The molecule has 2 aromatic rings. The van der Waals surface area contributed by atoms with E-state index in [1.165, 1.54) is 11.3 Å². The van der Waals surface area contributed by atoms with E-state index in [2.05, 4.69) is 10.5 Å². The Balaban J connectivity index is 1.74. The van der Waals surface area contributed by atoms with Crippen molar-refractivity contribution in [2.75, 3.05) is 13.1 Å². The van der Waals surface area contributed by atoms with Gasteiger partial charge >= 0.3 is 0 Å². The molecule has 0 amide bonds. The fourth-order valence-electron chi connectivity index (χ4n) is 2.85. The van der Waals surface area contributed by atoms with E-state index in [9.17, 15) is 10.2 Å². The van der Waals surface area contributed by atoms with E-state index < -0.39 is 0 Å². The number of likely N-dealkylation sites (tertiary alicyclic amines) is 1. The van der Waals surface area contributed by atoms with Gasteiger partial charge in [-0.2, -0.15) is 5.10 Å². The second-order valence-corrected chi connectivity index (χ2v) is 8.39. The van der Waals surface area contributed by atoms with E-state index in [-0.39, 0.29) is 11.9 Å². The molecule has 27 heavy (non-hydrogen) atoms. The third kappa shape index (κ3) is 4.73. The van der Waals surface area contributed by atoms with Gasteiger partial charge in [0, 0.05) is 18.5 Å². The highest BCUT2D eigenvalue weighted by molar-refractivity contribution is 7.80. The molecule has 9 heteroatoms. The number of halogens is 2. The zero-order chi connectivity index (χ0) is 19.6. The summed E-state index contributed by atoms with van der Waals surface area (Å²) in [6.45, 7) is 3.09. The Morgan fingerprint density at radius 3 is 2.85 bits per heavy atom. The Morgan fingerprint density at radius 2 is 2.15 bits per heavy atom. The lowest BCUT2D eigenvalue weighted by atomic mass is 10.1. The second kappa shape index (κ2) is 8.75. The lowest BCUT2D eigenvalue weighted by Gasteiger charge is -2.31. The van der Waals surface area contributed by atoms with Gasteiger partial charge in [0.2, 0.25) is 0 Å². The predicted octanol–water partition coefficient (Wildman–Crippen LogP) is 4.48. The van der Waals surface area contributed by atoms with E-state index in [0.29, 0.717) is 37.9 Å². The molecule has 3 rings (SSSR count). The molecule has 144 valence electrons. The first-order valence-electron chi connectivity index (χ1n) is 8.40. The van der Waals surface area contributed by atoms with Crippen molar-refractivity contribution in [3.63, 3.8) is 0 Å². The molecule has 0 spiro atoms. The van der Waals surface area contributed by atoms with Crippen molar-refractivity contribution in [1.29, 1.82) is 0 Å². The maximum absolute atomic E-state index is 10.6. The number of hydrogen-bond acceptors (Lipinski definition) is 5. The molecule has 0 aliphatic carbocycles. The number of aliphatic hydroxyl groups excluding tert-OH is 1. The van der Waals surface area contributed by atoms with Crippen LogP contribution in [0.2, 0.25) is 10.0 Å². The molecule has 1 aliphatic rings. The number of rotatable bonds is 3. The van der Waals surface area contributed by atoms with Crippen molar-refractivity contribution in [3.8, 4) is 16.2 Å². The SMILES string of the molecule is C/C(=N/NC(=S)N1CCCC(O)C1)c1csc(-c2ccc(Cl)c(Cl)c2)c1O. The molecule has 1 unspecified atom stereocenters. The average molecular weight is 444 g/mol. The highest BCUT2D eigenvalue weighted by atomic mass is 35.5. The highest BCUT2D eigenvalue weighted by Crippen LogP contribution is 2.40.